The number of amides is 1. The summed E-state index contributed by atoms with van der Waals surface area (Å²) in [7, 11) is 0. The van der Waals surface area contributed by atoms with Crippen LogP contribution in [-0.4, -0.2) is 41.0 Å². The van der Waals surface area contributed by atoms with Gasteiger partial charge >= 0.3 is 0 Å². The lowest BCUT2D eigenvalue weighted by atomic mass is 10.0. The zero-order valence-corrected chi connectivity index (χ0v) is 20.4. The molecule has 5 heterocycles. The monoisotopic (exact) mass is 488 g/mol. The van der Waals surface area contributed by atoms with E-state index in [-0.39, 0.29) is 11.8 Å². The van der Waals surface area contributed by atoms with Gasteiger partial charge in [-0.05, 0) is 47.9 Å². The second kappa shape index (κ2) is 9.27. The molecule has 3 N–H and O–H groups in total. The summed E-state index contributed by atoms with van der Waals surface area (Å²) >= 11 is 0. The lowest BCUT2D eigenvalue weighted by molar-refractivity contribution is -0.116. The Morgan fingerprint density at radius 2 is 1.86 bits per heavy atom. The lowest BCUT2D eigenvalue weighted by Crippen LogP contribution is -2.13. The Labute approximate surface area is 212 Å². The fourth-order valence-electron chi connectivity index (χ4n) is 4.36. The van der Waals surface area contributed by atoms with Crippen molar-refractivity contribution in [1.82, 2.24) is 35.1 Å². The van der Waals surface area contributed by atoms with E-state index in [1.165, 1.54) is 0 Å². The maximum absolute atomic E-state index is 12.2. The van der Waals surface area contributed by atoms with Gasteiger partial charge in [-0.3, -0.25) is 24.8 Å². The molecule has 0 aliphatic rings. The maximum Gasteiger partial charge on any atom is 0.224 e. The summed E-state index contributed by atoms with van der Waals surface area (Å²) in [4.78, 5) is 33.8. The molecule has 9 nitrogen and oxygen atoms in total. The van der Waals surface area contributed by atoms with Gasteiger partial charge in [-0.2, -0.15) is 5.10 Å². The minimum atomic E-state index is -0.0222. The van der Waals surface area contributed by atoms with E-state index >= 15 is 0 Å². The SMILES string of the molecule is CC(C)CC(=O)Nc1cncc(-c2ccc3[nH]nc(-c4nc5c(-c6ccccn6)nccc5[nH]4)c3c2)c1. The van der Waals surface area contributed by atoms with E-state index < -0.39 is 0 Å². The number of nitrogens with zero attached hydrogens (tertiary/aromatic N) is 5. The quantitative estimate of drug-likeness (QED) is 0.280. The number of rotatable bonds is 6. The van der Waals surface area contributed by atoms with Crippen LogP contribution in [0.4, 0.5) is 5.69 Å². The summed E-state index contributed by atoms with van der Waals surface area (Å²) in [5.74, 6) is 0.898. The summed E-state index contributed by atoms with van der Waals surface area (Å²) in [5.41, 5.74) is 7.16. The van der Waals surface area contributed by atoms with Gasteiger partial charge in [-0.25, -0.2) is 4.98 Å². The Balaban J connectivity index is 1.38. The van der Waals surface area contributed by atoms with Crippen LogP contribution in [0, 0.1) is 5.92 Å². The molecule has 1 aromatic carbocycles. The van der Waals surface area contributed by atoms with E-state index in [9.17, 15) is 4.79 Å². The molecule has 0 fully saturated rings. The summed E-state index contributed by atoms with van der Waals surface area (Å²) in [6.07, 6.45) is 7.39. The number of hydrogen-bond acceptors (Lipinski definition) is 6. The molecule has 0 aliphatic carbocycles. The van der Waals surface area contributed by atoms with Crippen molar-refractivity contribution in [2.75, 3.05) is 5.32 Å². The van der Waals surface area contributed by atoms with Crippen molar-refractivity contribution in [3.8, 4) is 34.0 Å². The summed E-state index contributed by atoms with van der Waals surface area (Å²) in [6, 6.07) is 15.6. The average molecular weight is 489 g/mol. The molecule has 37 heavy (non-hydrogen) atoms. The van der Waals surface area contributed by atoms with Crippen LogP contribution in [0.5, 0.6) is 0 Å². The topological polar surface area (TPSA) is 125 Å². The van der Waals surface area contributed by atoms with E-state index in [0.717, 1.165) is 38.8 Å². The minimum Gasteiger partial charge on any atom is -0.336 e. The highest BCUT2D eigenvalue weighted by Crippen LogP contribution is 2.32. The van der Waals surface area contributed by atoms with E-state index in [2.05, 4.69) is 41.5 Å². The fraction of sp³-hybridized carbons (Fsp3) is 0.143. The third-order valence-corrected chi connectivity index (χ3v) is 6.04. The zero-order valence-electron chi connectivity index (χ0n) is 20.4. The number of fused-ring (bicyclic) bond motifs is 2. The van der Waals surface area contributed by atoms with Crippen LogP contribution >= 0.6 is 0 Å². The molecule has 0 radical (unpaired) electrons. The van der Waals surface area contributed by atoms with Crippen molar-refractivity contribution in [2.45, 2.75) is 20.3 Å². The Morgan fingerprint density at radius 3 is 2.70 bits per heavy atom. The molecule has 0 bridgehead atoms. The fourth-order valence-corrected chi connectivity index (χ4v) is 4.36. The van der Waals surface area contributed by atoms with Gasteiger partial charge in [0.25, 0.3) is 0 Å². The number of aromatic amines is 2. The second-order valence-electron chi connectivity index (χ2n) is 9.30. The zero-order chi connectivity index (χ0) is 25.4. The van der Waals surface area contributed by atoms with Gasteiger partial charge in [0.2, 0.25) is 5.91 Å². The van der Waals surface area contributed by atoms with Crippen LogP contribution < -0.4 is 5.32 Å². The number of imidazole rings is 1. The summed E-state index contributed by atoms with van der Waals surface area (Å²) < 4.78 is 0. The number of nitrogens with one attached hydrogen (secondary N) is 3. The molecule has 0 unspecified atom stereocenters. The summed E-state index contributed by atoms with van der Waals surface area (Å²) in [6.45, 7) is 4.04. The van der Waals surface area contributed by atoms with Crippen molar-refractivity contribution in [1.29, 1.82) is 0 Å². The largest absolute Gasteiger partial charge is 0.336 e. The number of pyridine rings is 3. The number of hydrogen-bond donors (Lipinski definition) is 3. The van der Waals surface area contributed by atoms with Gasteiger partial charge in [0.1, 0.15) is 16.9 Å². The maximum atomic E-state index is 12.2. The lowest BCUT2D eigenvalue weighted by Gasteiger charge is -2.09. The first-order valence-corrected chi connectivity index (χ1v) is 12.0. The highest BCUT2D eigenvalue weighted by Gasteiger charge is 2.17. The van der Waals surface area contributed by atoms with Crippen LogP contribution in [0.15, 0.2) is 73.3 Å². The van der Waals surface area contributed by atoms with Crippen LogP contribution in [0.3, 0.4) is 0 Å². The first-order valence-electron chi connectivity index (χ1n) is 12.0. The molecule has 5 aromatic heterocycles. The van der Waals surface area contributed by atoms with Crippen molar-refractivity contribution < 1.29 is 4.79 Å². The Hall–Kier alpha value is -4.92. The molecule has 182 valence electrons. The molecular formula is C28H24N8O. The van der Waals surface area contributed by atoms with Gasteiger partial charge in [-0.1, -0.05) is 26.0 Å². The number of H-pyrrole nitrogens is 2. The molecule has 6 aromatic rings. The van der Waals surface area contributed by atoms with Gasteiger partial charge in [0.05, 0.1) is 28.6 Å². The molecule has 0 spiro atoms. The summed E-state index contributed by atoms with van der Waals surface area (Å²) in [5, 5.41) is 11.5. The molecule has 0 atom stereocenters. The average Bonchev–Trinajstić information content (AvgIpc) is 3.52. The Kier molecular flexibility index (Phi) is 5.65. The third kappa shape index (κ3) is 4.42. The normalized spacial score (nSPS) is 11.4. The molecule has 0 aliphatic heterocycles. The number of anilines is 1. The third-order valence-electron chi connectivity index (χ3n) is 6.04. The van der Waals surface area contributed by atoms with E-state index in [1.807, 2.05) is 56.3 Å². The van der Waals surface area contributed by atoms with E-state index in [1.54, 1.807) is 24.8 Å². The molecule has 9 heteroatoms. The van der Waals surface area contributed by atoms with Crippen molar-refractivity contribution in [3.63, 3.8) is 0 Å². The smallest absolute Gasteiger partial charge is 0.224 e. The first kappa shape index (κ1) is 22.5. The van der Waals surface area contributed by atoms with E-state index in [4.69, 9.17) is 4.98 Å². The Morgan fingerprint density at radius 1 is 0.946 bits per heavy atom. The first-order chi connectivity index (χ1) is 18.0. The minimum absolute atomic E-state index is 0.0222. The number of carbonyl (C=O) groups excluding carboxylic acids is 1. The highest BCUT2D eigenvalue weighted by atomic mass is 16.1. The molecule has 1 amide bonds. The molecule has 6 rings (SSSR count). The predicted octanol–water partition coefficient (Wildman–Crippen LogP) is 5.61. The molecular weight excluding hydrogens is 464 g/mol. The number of carbonyl (C=O) groups is 1. The number of aromatic nitrogens is 7. The molecule has 0 saturated carbocycles. The second-order valence-corrected chi connectivity index (χ2v) is 9.30. The van der Waals surface area contributed by atoms with Crippen molar-refractivity contribution in [2.24, 2.45) is 5.92 Å². The number of benzene rings is 1. The van der Waals surface area contributed by atoms with Crippen molar-refractivity contribution in [3.05, 3.63) is 73.3 Å². The van der Waals surface area contributed by atoms with Crippen molar-refractivity contribution >= 4 is 33.5 Å². The Bertz CT molecular complexity index is 1740. The van der Waals surface area contributed by atoms with Crippen LogP contribution in [0.2, 0.25) is 0 Å². The van der Waals surface area contributed by atoms with Crippen LogP contribution in [0.1, 0.15) is 20.3 Å². The van der Waals surface area contributed by atoms with Crippen LogP contribution in [0.25, 0.3) is 56.0 Å². The van der Waals surface area contributed by atoms with Gasteiger partial charge < -0.3 is 10.3 Å². The van der Waals surface area contributed by atoms with E-state index in [0.29, 0.717) is 29.3 Å². The predicted molar refractivity (Wildman–Crippen MR) is 144 cm³/mol. The standard InChI is InChI=1S/C28H24N8O/c1-16(2)11-24(37)32-19-12-18(14-29-15-19)17-6-7-21-20(13-17)25(36-35-21)28-33-23-8-10-31-26(27(23)34-28)22-5-3-4-9-30-22/h3-10,12-16H,11H2,1-2H3,(H,32,37)(H,33,34)(H,35,36). The van der Waals surface area contributed by atoms with Gasteiger partial charge in [-0.15, -0.1) is 0 Å². The van der Waals surface area contributed by atoms with Gasteiger partial charge in [0, 0.05) is 36.0 Å². The molecule has 0 saturated heterocycles. The van der Waals surface area contributed by atoms with Gasteiger partial charge in [0.15, 0.2) is 5.82 Å². The highest BCUT2D eigenvalue weighted by molar-refractivity contribution is 5.97. The van der Waals surface area contributed by atoms with Crippen LogP contribution in [-0.2, 0) is 4.79 Å².